The third-order valence-electron chi connectivity index (χ3n) is 11.5. The number of Topliss-reactive ketones (excluding diaryl/α,β-unsaturated/α-hetero) is 1. The molecule has 7 nitrogen and oxygen atoms in total. The molecule has 0 spiro atoms. The minimum atomic E-state index is -0.797. The second-order valence-electron chi connectivity index (χ2n) is 13.8. The minimum Gasteiger partial charge on any atom is -0.469 e. The molecule has 37 heavy (non-hydrogen) atoms. The SMILES string of the molecule is COC(=O)C12CCC3C(C(=O)C=C4C5(C)C=C(C(=O)NO)C(=O)C(C)C5CCC43C)C1CC(C)(C)CC2. The van der Waals surface area contributed by atoms with Crippen molar-refractivity contribution in [1.29, 1.82) is 0 Å². The van der Waals surface area contributed by atoms with E-state index in [1.807, 2.05) is 19.9 Å². The average molecular weight is 512 g/mol. The molecule has 5 aliphatic rings. The van der Waals surface area contributed by atoms with Crippen LogP contribution in [0.3, 0.4) is 0 Å². The second kappa shape index (κ2) is 8.36. The molecule has 0 heterocycles. The van der Waals surface area contributed by atoms with Crippen LogP contribution in [-0.2, 0) is 23.9 Å². The normalized spacial score (nSPS) is 44.2. The lowest BCUT2D eigenvalue weighted by Gasteiger charge is -2.63. The fourth-order valence-corrected chi connectivity index (χ4v) is 9.60. The van der Waals surface area contributed by atoms with Crippen LogP contribution >= 0.6 is 0 Å². The molecule has 0 aromatic rings. The van der Waals surface area contributed by atoms with Crippen LogP contribution in [-0.4, -0.2) is 35.8 Å². The average Bonchev–Trinajstić information content (AvgIpc) is 2.85. The smallest absolute Gasteiger partial charge is 0.312 e. The highest BCUT2D eigenvalue weighted by molar-refractivity contribution is 6.20. The van der Waals surface area contributed by atoms with Crippen molar-refractivity contribution in [1.82, 2.24) is 5.48 Å². The number of hydrogen-bond acceptors (Lipinski definition) is 6. The Morgan fingerprint density at radius 2 is 1.68 bits per heavy atom. The Bertz CT molecular complexity index is 1130. The molecule has 0 radical (unpaired) electrons. The molecular formula is C30H41NO6. The molecular weight excluding hydrogens is 470 g/mol. The van der Waals surface area contributed by atoms with Crippen LogP contribution in [0.15, 0.2) is 23.3 Å². The number of nitrogens with one attached hydrogen (secondary N) is 1. The molecule has 8 atom stereocenters. The molecule has 3 fully saturated rings. The number of esters is 1. The summed E-state index contributed by atoms with van der Waals surface area (Å²) in [4.78, 5) is 52.9. The molecule has 0 aliphatic heterocycles. The van der Waals surface area contributed by atoms with Gasteiger partial charge in [0.1, 0.15) is 0 Å². The summed E-state index contributed by atoms with van der Waals surface area (Å²) in [6.45, 7) is 10.6. The second-order valence-corrected chi connectivity index (χ2v) is 13.8. The predicted octanol–water partition coefficient (Wildman–Crippen LogP) is 4.58. The number of hydroxylamine groups is 1. The van der Waals surface area contributed by atoms with Gasteiger partial charge >= 0.3 is 5.97 Å². The zero-order valence-electron chi connectivity index (χ0n) is 23.0. The highest BCUT2D eigenvalue weighted by atomic mass is 16.5. The molecule has 0 aromatic heterocycles. The van der Waals surface area contributed by atoms with E-state index in [0.717, 1.165) is 50.5 Å². The van der Waals surface area contributed by atoms with Crippen molar-refractivity contribution in [2.45, 2.75) is 79.6 Å². The molecule has 0 saturated heterocycles. The van der Waals surface area contributed by atoms with Gasteiger partial charge in [-0.15, -0.1) is 0 Å². The molecule has 202 valence electrons. The summed E-state index contributed by atoms with van der Waals surface area (Å²) >= 11 is 0. The molecule has 3 saturated carbocycles. The Morgan fingerprint density at radius 1 is 1.00 bits per heavy atom. The first kappa shape index (κ1) is 26.3. The molecule has 5 aliphatic carbocycles. The summed E-state index contributed by atoms with van der Waals surface area (Å²) in [6, 6.07) is 0. The van der Waals surface area contributed by atoms with Crippen LogP contribution < -0.4 is 5.48 Å². The fourth-order valence-electron chi connectivity index (χ4n) is 9.60. The standard InChI is InChI=1S/C30H41NO6/c1-16-18-7-9-28(4)19-8-10-30(26(35)37-6)12-11-27(2,3)15-20(30)23(19)21(32)13-22(28)29(18,5)14-17(24(16)33)25(34)31-36/h13-14,16,18-20,23,36H,7-12,15H2,1-6H3,(H,31,34). The van der Waals surface area contributed by atoms with Gasteiger partial charge in [-0.3, -0.25) is 24.4 Å². The largest absolute Gasteiger partial charge is 0.469 e. The molecule has 0 bridgehead atoms. The number of allylic oxidation sites excluding steroid dienone is 3. The van der Waals surface area contributed by atoms with Gasteiger partial charge in [-0.05, 0) is 79.6 Å². The number of rotatable bonds is 2. The quantitative estimate of drug-likeness (QED) is 0.243. The molecule has 2 N–H and O–H groups in total. The number of amides is 1. The van der Waals surface area contributed by atoms with Crippen LogP contribution in [0, 0.1) is 51.2 Å². The van der Waals surface area contributed by atoms with Gasteiger partial charge in [0.05, 0.1) is 18.1 Å². The third-order valence-corrected chi connectivity index (χ3v) is 11.5. The van der Waals surface area contributed by atoms with Crippen molar-refractivity contribution in [3.05, 3.63) is 23.3 Å². The van der Waals surface area contributed by atoms with Crippen molar-refractivity contribution in [2.75, 3.05) is 7.11 Å². The van der Waals surface area contributed by atoms with Gasteiger partial charge in [0.2, 0.25) is 0 Å². The van der Waals surface area contributed by atoms with Gasteiger partial charge in [-0.25, -0.2) is 5.48 Å². The first-order valence-corrected chi connectivity index (χ1v) is 13.8. The summed E-state index contributed by atoms with van der Waals surface area (Å²) in [6.07, 6.45) is 9.22. The maximum Gasteiger partial charge on any atom is 0.312 e. The van der Waals surface area contributed by atoms with Gasteiger partial charge in [-0.1, -0.05) is 46.3 Å². The third kappa shape index (κ3) is 3.48. The van der Waals surface area contributed by atoms with E-state index >= 15 is 0 Å². The number of hydrogen-bond donors (Lipinski definition) is 2. The zero-order valence-corrected chi connectivity index (χ0v) is 23.0. The van der Waals surface area contributed by atoms with Crippen molar-refractivity contribution in [3.63, 3.8) is 0 Å². The summed E-state index contributed by atoms with van der Waals surface area (Å²) in [7, 11) is 1.46. The van der Waals surface area contributed by atoms with Crippen molar-refractivity contribution >= 4 is 23.4 Å². The highest BCUT2D eigenvalue weighted by Crippen LogP contribution is 2.69. The number of fused-ring (bicyclic) bond motifs is 7. The van der Waals surface area contributed by atoms with Gasteiger partial charge in [0, 0.05) is 17.3 Å². The summed E-state index contributed by atoms with van der Waals surface area (Å²) in [5, 5.41) is 9.29. The fraction of sp³-hybridized carbons (Fsp3) is 0.733. The van der Waals surface area contributed by atoms with E-state index in [4.69, 9.17) is 4.74 Å². The van der Waals surface area contributed by atoms with E-state index in [2.05, 4.69) is 20.8 Å². The summed E-state index contributed by atoms with van der Waals surface area (Å²) in [5.41, 5.74) is 1.11. The van der Waals surface area contributed by atoms with Crippen molar-refractivity contribution < 1.29 is 29.1 Å². The van der Waals surface area contributed by atoms with Crippen LogP contribution in [0.2, 0.25) is 0 Å². The monoisotopic (exact) mass is 511 g/mol. The highest BCUT2D eigenvalue weighted by Gasteiger charge is 2.66. The lowest BCUT2D eigenvalue weighted by atomic mass is 9.39. The Kier molecular flexibility index (Phi) is 5.95. The first-order valence-electron chi connectivity index (χ1n) is 13.8. The molecule has 7 heteroatoms. The van der Waals surface area contributed by atoms with Gasteiger partial charge < -0.3 is 4.74 Å². The number of ketones is 2. The van der Waals surface area contributed by atoms with Gasteiger partial charge in [-0.2, -0.15) is 0 Å². The van der Waals surface area contributed by atoms with Crippen LogP contribution in [0.1, 0.15) is 79.6 Å². The van der Waals surface area contributed by atoms with E-state index in [9.17, 15) is 24.4 Å². The van der Waals surface area contributed by atoms with E-state index in [0.29, 0.717) is 0 Å². The van der Waals surface area contributed by atoms with E-state index < -0.39 is 22.7 Å². The van der Waals surface area contributed by atoms with Crippen molar-refractivity contribution in [2.24, 2.45) is 51.2 Å². The van der Waals surface area contributed by atoms with E-state index in [-0.39, 0.29) is 57.6 Å². The summed E-state index contributed by atoms with van der Waals surface area (Å²) in [5.74, 6) is -1.79. The van der Waals surface area contributed by atoms with Crippen molar-refractivity contribution in [3.8, 4) is 0 Å². The summed E-state index contributed by atoms with van der Waals surface area (Å²) < 4.78 is 5.35. The number of methoxy groups -OCH3 is 1. The van der Waals surface area contributed by atoms with Crippen LogP contribution in [0.5, 0.6) is 0 Å². The zero-order chi connectivity index (χ0) is 27.1. The van der Waals surface area contributed by atoms with Gasteiger partial charge in [0.25, 0.3) is 5.91 Å². The topological polar surface area (TPSA) is 110 Å². The Morgan fingerprint density at radius 3 is 2.32 bits per heavy atom. The Labute approximate surface area is 219 Å². The lowest BCUT2D eigenvalue weighted by Crippen LogP contribution is -2.61. The lowest BCUT2D eigenvalue weighted by molar-refractivity contribution is -0.177. The molecule has 8 unspecified atom stereocenters. The number of carbonyl (C=O) groups is 4. The Hall–Kier alpha value is -2.28. The first-order chi connectivity index (χ1) is 17.3. The minimum absolute atomic E-state index is 0.0229. The van der Waals surface area contributed by atoms with Gasteiger partial charge in [0.15, 0.2) is 11.6 Å². The maximum absolute atomic E-state index is 14.1. The molecule has 1 amide bonds. The van der Waals surface area contributed by atoms with Crippen LogP contribution in [0.4, 0.5) is 0 Å². The maximum atomic E-state index is 14.1. The number of carbonyl (C=O) groups excluding carboxylic acids is 4. The van der Waals surface area contributed by atoms with E-state index in [1.165, 1.54) is 7.11 Å². The number of ether oxygens (including phenoxy) is 1. The van der Waals surface area contributed by atoms with E-state index in [1.54, 1.807) is 11.6 Å². The molecule has 5 rings (SSSR count). The Balaban J connectivity index is 1.64. The molecule has 0 aromatic carbocycles. The van der Waals surface area contributed by atoms with Crippen LogP contribution in [0.25, 0.3) is 0 Å². The predicted molar refractivity (Wildman–Crippen MR) is 136 cm³/mol.